The summed E-state index contributed by atoms with van der Waals surface area (Å²) in [5, 5.41) is 9.26. The number of hydrogen-bond donors (Lipinski definition) is 2. The van der Waals surface area contributed by atoms with Gasteiger partial charge in [0.1, 0.15) is 0 Å². The topological polar surface area (TPSA) is 50.1 Å². The number of nitrogens with zero attached hydrogens (tertiary/aromatic N) is 1. The fourth-order valence-electron chi connectivity index (χ4n) is 0.476. The first-order valence-corrected chi connectivity index (χ1v) is 2.74. The molecule has 10 heavy (non-hydrogen) atoms. The van der Waals surface area contributed by atoms with E-state index in [9.17, 15) is 0 Å². The van der Waals surface area contributed by atoms with Crippen molar-refractivity contribution in [3.8, 4) is 0 Å². The predicted octanol–water partition coefficient (Wildman–Crippen LogP) is -2.55. The van der Waals surface area contributed by atoms with Crippen LogP contribution in [-0.4, -0.2) is 5.21 Å². The summed E-state index contributed by atoms with van der Waals surface area (Å²) in [6.07, 6.45) is 1.32. The highest BCUT2D eigenvalue weighted by Gasteiger charge is 1.99. The van der Waals surface area contributed by atoms with E-state index in [1.54, 1.807) is 6.07 Å². The van der Waals surface area contributed by atoms with Crippen molar-refractivity contribution in [1.82, 2.24) is 0 Å². The molecule has 0 aliphatic heterocycles. The van der Waals surface area contributed by atoms with Crippen LogP contribution in [0.2, 0.25) is 5.02 Å². The maximum absolute atomic E-state index is 8.81. The van der Waals surface area contributed by atoms with E-state index in [-0.39, 0.29) is 18.2 Å². The van der Waals surface area contributed by atoms with E-state index in [0.717, 1.165) is 4.73 Å². The van der Waals surface area contributed by atoms with Gasteiger partial charge in [-0.05, 0) is 6.07 Å². The third-order valence-corrected chi connectivity index (χ3v) is 1.15. The van der Waals surface area contributed by atoms with E-state index in [0.29, 0.717) is 5.02 Å². The van der Waals surface area contributed by atoms with Gasteiger partial charge in [-0.1, -0.05) is 16.3 Å². The van der Waals surface area contributed by atoms with E-state index in [1.807, 2.05) is 0 Å². The summed E-state index contributed by atoms with van der Waals surface area (Å²) in [6, 6.07) is 3.12. The maximum atomic E-state index is 8.81. The van der Waals surface area contributed by atoms with Gasteiger partial charge in [-0.3, -0.25) is 5.73 Å². The Labute approximate surface area is 69.4 Å². The lowest BCUT2D eigenvalue weighted by molar-refractivity contribution is -0.893. The largest absolute Gasteiger partial charge is 1.00 e. The Hall–Kier alpha value is -0.670. The zero-order valence-electron chi connectivity index (χ0n) is 4.96. The Bertz CT molecular complexity index is 229. The molecule has 0 saturated carbocycles. The molecule has 56 valence electrons. The van der Waals surface area contributed by atoms with Gasteiger partial charge in [0.2, 0.25) is 0 Å². The van der Waals surface area contributed by atoms with Crippen molar-refractivity contribution < 1.29 is 22.3 Å². The molecule has 1 rings (SSSR count). The molecule has 0 aliphatic rings. The zero-order valence-corrected chi connectivity index (χ0v) is 6.47. The van der Waals surface area contributed by atoms with Gasteiger partial charge in [0.25, 0.3) is 0 Å². The van der Waals surface area contributed by atoms with E-state index >= 15 is 0 Å². The number of halogens is 2. The highest BCUT2D eigenvalue weighted by atomic mass is 35.5. The van der Waals surface area contributed by atoms with Crippen molar-refractivity contribution in [3.63, 3.8) is 0 Å². The molecule has 0 amide bonds. The van der Waals surface area contributed by atoms with E-state index < -0.39 is 0 Å². The lowest BCUT2D eigenvalue weighted by Crippen LogP contribution is -3.00. The molecule has 0 spiro atoms. The molecule has 0 unspecified atom stereocenters. The average Bonchev–Trinajstić information content (AvgIpc) is 1.80. The normalized spacial score (nSPS) is 8.50. The van der Waals surface area contributed by atoms with E-state index in [1.165, 1.54) is 12.3 Å². The van der Waals surface area contributed by atoms with Crippen LogP contribution in [0, 0.1) is 0 Å². The maximum Gasteiger partial charge on any atom is 0.311 e. The van der Waals surface area contributed by atoms with E-state index in [2.05, 4.69) is 0 Å². The molecule has 0 atom stereocenters. The third-order valence-electron chi connectivity index (χ3n) is 0.923. The van der Waals surface area contributed by atoms with Crippen LogP contribution < -0.4 is 22.9 Å². The van der Waals surface area contributed by atoms with Crippen LogP contribution in [0.3, 0.4) is 0 Å². The molecular weight excluding hydrogens is 175 g/mol. The summed E-state index contributed by atoms with van der Waals surface area (Å²) in [5.74, 6) is 0.263. The lowest BCUT2D eigenvalue weighted by atomic mass is 10.5. The Morgan fingerprint density at radius 3 is 2.50 bits per heavy atom. The van der Waals surface area contributed by atoms with Gasteiger partial charge in [-0.15, -0.1) is 0 Å². The van der Waals surface area contributed by atoms with Gasteiger partial charge in [-0.2, -0.15) is 0 Å². The molecule has 0 saturated heterocycles. The number of nitrogen functional groups attached to an aromatic ring is 1. The summed E-state index contributed by atoms with van der Waals surface area (Å²) in [5.41, 5.74) is 5.24. The van der Waals surface area contributed by atoms with Gasteiger partial charge in [0, 0.05) is 6.07 Å². The fourth-order valence-corrected chi connectivity index (χ4v) is 0.631. The van der Waals surface area contributed by atoms with Gasteiger partial charge >= 0.3 is 5.82 Å². The van der Waals surface area contributed by atoms with Crippen LogP contribution in [-0.2, 0) is 0 Å². The van der Waals surface area contributed by atoms with Crippen LogP contribution in [0.1, 0.15) is 0 Å². The molecule has 0 radical (unpaired) electrons. The molecule has 5 heteroatoms. The molecule has 3 N–H and O–H groups in total. The number of anilines is 1. The Morgan fingerprint density at radius 2 is 2.10 bits per heavy atom. The van der Waals surface area contributed by atoms with Gasteiger partial charge < -0.3 is 17.6 Å². The highest BCUT2D eigenvalue weighted by Crippen LogP contribution is 2.03. The second-order valence-corrected chi connectivity index (χ2v) is 2.05. The van der Waals surface area contributed by atoms with Crippen LogP contribution in [0.25, 0.3) is 0 Å². The minimum absolute atomic E-state index is 0. The van der Waals surface area contributed by atoms with Crippen molar-refractivity contribution in [3.05, 3.63) is 23.4 Å². The lowest BCUT2D eigenvalue weighted by Gasteiger charge is -1.90. The summed E-state index contributed by atoms with van der Waals surface area (Å²) < 4.78 is 0.766. The first-order valence-electron chi connectivity index (χ1n) is 2.36. The Balaban J connectivity index is 0.000000810. The Kier molecular flexibility index (Phi) is 3.25. The van der Waals surface area contributed by atoms with Gasteiger partial charge in [-0.25, -0.2) is 0 Å². The summed E-state index contributed by atoms with van der Waals surface area (Å²) in [7, 11) is 0. The second kappa shape index (κ2) is 3.49. The molecule has 3 nitrogen and oxygen atoms in total. The molecule has 0 bridgehead atoms. The SMILES string of the molecule is Nc1ccc(Cl)c[n+]1O.[Cl-]. The number of nitrogens with two attached hydrogens (primary N) is 1. The van der Waals surface area contributed by atoms with Crippen molar-refractivity contribution >= 4 is 17.4 Å². The quantitative estimate of drug-likeness (QED) is 0.342. The number of pyridine rings is 1. The predicted molar refractivity (Wildman–Crippen MR) is 33.2 cm³/mol. The molecule has 0 fully saturated rings. The molecule has 1 aromatic rings. The molecule has 1 heterocycles. The number of rotatable bonds is 0. The van der Waals surface area contributed by atoms with Gasteiger partial charge in [0.15, 0.2) is 6.20 Å². The summed E-state index contributed by atoms with van der Waals surface area (Å²) in [6.45, 7) is 0. The van der Waals surface area contributed by atoms with Crippen LogP contribution in [0.15, 0.2) is 18.3 Å². The second-order valence-electron chi connectivity index (χ2n) is 1.62. The minimum atomic E-state index is 0. The third kappa shape index (κ3) is 1.93. The highest BCUT2D eigenvalue weighted by molar-refractivity contribution is 6.30. The van der Waals surface area contributed by atoms with Gasteiger partial charge in [0.05, 0.1) is 5.02 Å². The first-order chi connectivity index (χ1) is 4.20. The first kappa shape index (κ1) is 9.33. The number of hydrogen-bond acceptors (Lipinski definition) is 2. The van der Waals surface area contributed by atoms with E-state index in [4.69, 9.17) is 22.5 Å². The van der Waals surface area contributed by atoms with Crippen molar-refractivity contribution in [1.29, 1.82) is 0 Å². The Morgan fingerprint density at radius 1 is 1.50 bits per heavy atom. The summed E-state index contributed by atoms with van der Waals surface area (Å²) >= 11 is 5.48. The molecule has 1 aromatic heterocycles. The molecule has 0 aromatic carbocycles. The summed E-state index contributed by atoms with van der Waals surface area (Å²) in [4.78, 5) is 0. The van der Waals surface area contributed by atoms with Crippen molar-refractivity contribution in [2.45, 2.75) is 0 Å². The average molecular weight is 181 g/mol. The van der Waals surface area contributed by atoms with Crippen molar-refractivity contribution in [2.75, 3.05) is 5.73 Å². The monoisotopic (exact) mass is 180 g/mol. The van der Waals surface area contributed by atoms with Crippen LogP contribution in [0.5, 0.6) is 0 Å². The molecule has 0 aliphatic carbocycles. The number of aromatic nitrogens is 1. The van der Waals surface area contributed by atoms with Crippen LogP contribution >= 0.6 is 11.6 Å². The molecular formula is C5H6Cl2N2O. The fraction of sp³-hybridized carbons (Fsp3) is 0. The smallest absolute Gasteiger partial charge is 0.311 e. The van der Waals surface area contributed by atoms with Crippen molar-refractivity contribution in [2.24, 2.45) is 0 Å². The zero-order chi connectivity index (χ0) is 6.85. The standard InChI is InChI=1S/C5H5ClN2O.ClH/c6-4-1-2-5(7)8(9)3-4;/h1-3,7,9H;1H. The minimum Gasteiger partial charge on any atom is -1.00 e. The van der Waals surface area contributed by atoms with Crippen LogP contribution in [0.4, 0.5) is 5.82 Å².